The Hall–Kier alpha value is -0.590. The molecule has 0 aliphatic carbocycles. The van der Waals surface area contributed by atoms with Crippen LogP contribution >= 0.6 is 27.3 Å². The predicted molar refractivity (Wildman–Crippen MR) is 80.4 cm³/mol. The average Bonchev–Trinajstić information content (AvgIpc) is 2.99. The monoisotopic (exact) mass is 343 g/mol. The molecule has 19 heavy (non-hydrogen) atoms. The first-order valence-corrected chi connectivity index (χ1v) is 8.34. The van der Waals surface area contributed by atoms with Crippen LogP contribution in [0.4, 0.5) is 4.79 Å². The lowest BCUT2D eigenvalue weighted by Gasteiger charge is -2.36. The lowest BCUT2D eigenvalue weighted by molar-refractivity contribution is 0.122. The molecule has 1 N–H and O–H groups in total. The first-order chi connectivity index (χ1) is 9.22. The molecule has 104 valence electrons. The van der Waals surface area contributed by atoms with E-state index in [1.54, 1.807) is 11.3 Å². The summed E-state index contributed by atoms with van der Waals surface area (Å²) in [6.07, 6.45) is 2.32. The quantitative estimate of drug-likeness (QED) is 0.915. The number of carbonyl (C=O) groups excluding carboxylic acids is 1. The minimum Gasteiger partial charge on any atom is -0.336 e. The van der Waals surface area contributed by atoms with Crippen molar-refractivity contribution in [2.24, 2.45) is 0 Å². The van der Waals surface area contributed by atoms with Gasteiger partial charge in [0.2, 0.25) is 0 Å². The summed E-state index contributed by atoms with van der Waals surface area (Å²) >= 11 is 5.31. The maximum absolute atomic E-state index is 11.7. The van der Waals surface area contributed by atoms with Gasteiger partial charge in [-0.1, -0.05) is 0 Å². The Morgan fingerprint density at radius 1 is 1.42 bits per heavy atom. The van der Waals surface area contributed by atoms with E-state index in [0.29, 0.717) is 6.04 Å². The molecule has 0 spiro atoms. The molecular weight excluding hydrogens is 326 g/mol. The van der Waals surface area contributed by atoms with Crippen molar-refractivity contribution in [2.75, 3.05) is 26.2 Å². The smallest absolute Gasteiger partial charge is 0.317 e. The normalized spacial score (nSPS) is 24.8. The number of hydrogen-bond acceptors (Lipinski definition) is 3. The second-order valence-corrected chi connectivity index (χ2v) is 7.71. The molecule has 2 fully saturated rings. The van der Waals surface area contributed by atoms with Crippen LogP contribution in [0.5, 0.6) is 0 Å². The van der Waals surface area contributed by atoms with E-state index in [1.165, 1.54) is 15.1 Å². The highest BCUT2D eigenvalue weighted by atomic mass is 79.9. The van der Waals surface area contributed by atoms with Gasteiger partial charge in [-0.05, 0) is 47.4 Å². The van der Waals surface area contributed by atoms with E-state index in [9.17, 15) is 4.79 Å². The molecule has 1 aromatic heterocycles. The summed E-state index contributed by atoms with van der Waals surface area (Å²) in [5.41, 5.74) is 0. The summed E-state index contributed by atoms with van der Waals surface area (Å²) in [5, 5.41) is 2.90. The number of halogens is 1. The maximum atomic E-state index is 11.7. The summed E-state index contributed by atoms with van der Waals surface area (Å²) in [6.45, 7) is 4.81. The Bertz CT molecular complexity index is 464. The van der Waals surface area contributed by atoms with Crippen LogP contribution in [0.2, 0.25) is 0 Å². The highest BCUT2D eigenvalue weighted by molar-refractivity contribution is 9.11. The number of thiophene rings is 1. The van der Waals surface area contributed by atoms with Crippen molar-refractivity contribution in [1.82, 2.24) is 15.1 Å². The van der Waals surface area contributed by atoms with Gasteiger partial charge >= 0.3 is 6.03 Å². The Morgan fingerprint density at radius 2 is 2.32 bits per heavy atom. The third kappa shape index (κ3) is 3.12. The number of likely N-dealkylation sites (tertiary alicyclic amines) is 1. The van der Waals surface area contributed by atoms with E-state index in [0.717, 1.165) is 39.1 Å². The summed E-state index contributed by atoms with van der Waals surface area (Å²) in [5.74, 6) is 0. The Labute approximate surface area is 125 Å². The highest BCUT2D eigenvalue weighted by Gasteiger charge is 2.31. The molecule has 4 nitrogen and oxygen atoms in total. The molecule has 3 rings (SSSR count). The summed E-state index contributed by atoms with van der Waals surface area (Å²) in [6, 6.07) is 4.79. The van der Waals surface area contributed by atoms with Gasteiger partial charge in [-0.15, -0.1) is 11.3 Å². The lowest BCUT2D eigenvalue weighted by atomic mass is 10.0. The van der Waals surface area contributed by atoms with Crippen LogP contribution in [0, 0.1) is 0 Å². The van der Waals surface area contributed by atoms with Crippen molar-refractivity contribution in [3.63, 3.8) is 0 Å². The molecule has 0 radical (unpaired) electrons. The molecule has 0 aromatic carbocycles. The van der Waals surface area contributed by atoms with E-state index in [1.807, 2.05) is 4.90 Å². The number of carbonyl (C=O) groups is 1. The van der Waals surface area contributed by atoms with Gasteiger partial charge in [0.25, 0.3) is 0 Å². The van der Waals surface area contributed by atoms with Crippen LogP contribution in [0.1, 0.15) is 17.7 Å². The van der Waals surface area contributed by atoms with Gasteiger partial charge in [-0.2, -0.15) is 0 Å². The van der Waals surface area contributed by atoms with Crippen LogP contribution in [0.25, 0.3) is 0 Å². The number of hydrogen-bond donors (Lipinski definition) is 1. The first-order valence-electron chi connectivity index (χ1n) is 6.73. The topological polar surface area (TPSA) is 35.6 Å². The van der Waals surface area contributed by atoms with Gasteiger partial charge in [0, 0.05) is 37.1 Å². The van der Waals surface area contributed by atoms with Crippen LogP contribution in [-0.4, -0.2) is 48.1 Å². The van der Waals surface area contributed by atoms with Crippen molar-refractivity contribution < 1.29 is 4.79 Å². The predicted octanol–water partition coefficient (Wildman–Crippen LogP) is 2.50. The molecular formula is C13H18BrN3OS. The van der Waals surface area contributed by atoms with Crippen molar-refractivity contribution >= 4 is 33.3 Å². The van der Waals surface area contributed by atoms with Gasteiger partial charge in [-0.25, -0.2) is 4.79 Å². The fraction of sp³-hybridized carbons (Fsp3) is 0.615. The minimum atomic E-state index is 0.116. The summed E-state index contributed by atoms with van der Waals surface area (Å²) < 4.78 is 1.19. The number of amides is 2. The third-order valence-corrected chi connectivity index (χ3v) is 5.43. The Morgan fingerprint density at radius 3 is 3.00 bits per heavy atom. The summed E-state index contributed by atoms with van der Waals surface area (Å²) in [7, 11) is 0. The van der Waals surface area contributed by atoms with E-state index in [4.69, 9.17) is 0 Å². The van der Waals surface area contributed by atoms with Crippen LogP contribution in [0.3, 0.4) is 0 Å². The zero-order valence-electron chi connectivity index (χ0n) is 10.8. The van der Waals surface area contributed by atoms with Crippen molar-refractivity contribution in [3.8, 4) is 0 Å². The molecule has 2 saturated heterocycles. The van der Waals surface area contributed by atoms with Crippen LogP contribution in [0.15, 0.2) is 15.9 Å². The number of piperidine rings is 1. The van der Waals surface area contributed by atoms with Gasteiger partial charge < -0.3 is 10.2 Å². The minimum absolute atomic E-state index is 0.116. The van der Waals surface area contributed by atoms with E-state index in [-0.39, 0.29) is 6.03 Å². The molecule has 1 aromatic rings. The van der Waals surface area contributed by atoms with Crippen molar-refractivity contribution in [1.29, 1.82) is 0 Å². The molecule has 0 saturated carbocycles. The zero-order chi connectivity index (χ0) is 13.2. The second-order valence-electron chi connectivity index (χ2n) is 5.16. The van der Waals surface area contributed by atoms with E-state index in [2.05, 4.69) is 38.3 Å². The fourth-order valence-corrected chi connectivity index (χ4v) is 4.45. The number of rotatable bonds is 3. The first kappa shape index (κ1) is 13.4. The van der Waals surface area contributed by atoms with E-state index < -0.39 is 0 Å². The largest absolute Gasteiger partial charge is 0.336 e. The molecule has 1 atom stereocenters. The number of nitrogens with zero attached hydrogens (tertiary/aromatic N) is 2. The molecule has 3 heterocycles. The number of nitrogens with one attached hydrogen (secondary N) is 1. The SMILES string of the molecule is O=C1NCCN1[C@H]1CCCN(Cc2ccc(Br)s2)C1. The summed E-state index contributed by atoms with van der Waals surface area (Å²) in [4.78, 5) is 17.6. The molecule has 6 heteroatoms. The van der Waals surface area contributed by atoms with Crippen molar-refractivity contribution in [2.45, 2.75) is 25.4 Å². The van der Waals surface area contributed by atoms with Crippen LogP contribution < -0.4 is 5.32 Å². The lowest BCUT2D eigenvalue weighted by Crippen LogP contribution is -2.48. The zero-order valence-corrected chi connectivity index (χ0v) is 13.2. The Kier molecular flexibility index (Phi) is 4.10. The van der Waals surface area contributed by atoms with Gasteiger partial charge in [0.15, 0.2) is 0 Å². The fourth-order valence-electron chi connectivity index (χ4n) is 2.92. The molecule has 2 aliphatic heterocycles. The van der Waals surface area contributed by atoms with Gasteiger partial charge in [-0.3, -0.25) is 4.90 Å². The van der Waals surface area contributed by atoms with E-state index >= 15 is 0 Å². The standard InChI is InChI=1S/C13H18BrN3OS/c14-12-4-3-11(19-12)9-16-6-1-2-10(8-16)17-7-5-15-13(17)18/h3-4,10H,1-2,5-9H2,(H,15,18)/t10-/m0/s1. The Balaban J connectivity index is 1.60. The maximum Gasteiger partial charge on any atom is 0.317 e. The van der Waals surface area contributed by atoms with Crippen LogP contribution in [-0.2, 0) is 6.54 Å². The molecule has 0 unspecified atom stereocenters. The average molecular weight is 344 g/mol. The number of urea groups is 1. The second kappa shape index (κ2) is 5.81. The molecule has 0 bridgehead atoms. The molecule has 2 amide bonds. The van der Waals surface area contributed by atoms with Gasteiger partial charge in [0.1, 0.15) is 0 Å². The van der Waals surface area contributed by atoms with Gasteiger partial charge in [0.05, 0.1) is 3.79 Å². The highest BCUT2D eigenvalue weighted by Crippen LogP contribution is 2.25. The third-order valence-electron chi connectivity index (χ3n) is 3.82. The van der Waals surface area contributed by atoms with Crippen molar-refractivity contribution in [3.05, 3.63) is 20.8 Å². The molecule has 2 aliphatic rings.